The van der Waals surface area contributed by atoms with E-state index in [1.165, 1.54) is 6.07 Å². The standard InChI is InChI=1S/C17H21FN4O/c1-13-16(12-20(2)19-13)17(23)22-8-6-21(7-9-22)11-14-4-3-5-15(18)10-14/h3-5,10,12H,6-9,11H2,1-2H3. The van der Waals surface area contributed by atoms with Gasteiger partial charge in [-0.2, -0.15) is 5.10 Å². The van der Waals surface area contributed by atoms with Gasteiger partial charge in [0.15, 0.2) is 0 Å². The fraction of sp³-hybridized carbons (Fsp3) is 0.412. The lowest BCUT2D eigenvalue weighted by atomic mass is 10.1. The van der Waals surface area contributed by atoms with E-state index in [1.54, 1.807) is 23.0 Å². The van der Waals surface area contributed by atoms with Gasteiger partial charge in [0.1, 0.15) is 5.82 Å². The van der Waals surface area contributed by atoms with Gasteiger partial charge in [-0.3, -0.25) is 14.4 Å². The van der Waals surface area contributed by atoms with Crippen LogP contribution in [0.3, 0.4) is 0 Å². The van der Waals surface area contributed by atoms with Gasteiger partial charge in [0.2, 0.25) is 0 Å². The molecular weight excluding hydrogens is 295 g/mol. The zero-order valence-electron chi connectivity index (χ0n) is 13.5. The number of nitrogens with zero attached hydrogens (tertiary/aromatic N) is 4. The van der Waals surface area contributed by atoms with E-state index in [0.717, 1.165) is 24.3 Å². The van der Waals surface area contributed by atoms with Crippen molar-refractivity contribution in [1.29, 1.82) is 0 Å². The molecule has 0 saturated carbocycles. The summed E-state index contributed by atoms with van der Waals surface area (Å²) in [5, 5.41) is 4.23. The van der Waals surface area contributed by atoms with Crippen LogP contribution in [0.4, 0.5) is 4.39 Å². The molecule has 3 rings (SSSR count). The Bertz CT molecular complexity index is 704. The van der Waals surface area contributed by atoms with Crippen molar-refractivity contribution < 1.29 is 9.18 Å². The highest BCUT2D eigenvalue weighted by atomic mass is 19.1. The number of hydrogen-bond donors (Lipinski definition) is 0. The summed E-state index contributed by atoms with van der Waals surface area (Å²) in [6.07, 6.45) is 1.77. The molecule has 2 aromatic rings. The van der Waals surface area contributed by atoms with Crippen molar-refractivity contribution in [2.45, 2.75) is 13.5 Å². The summed E-state index contributed by atoms with van der Waals surface area (Å²) < 4.78 is 14.9. The highest BCUT2D eigenvalue weighted by Crippen LogP contribution is 2.14. The van der Waals surface area contributed by atoms with Crippen LogP contribution in [0.5, 0.6) is 0 Å². The Morgan fingerprint density at radius 3 is 2.61 bits per heavy atom. The zero-order valence-corrected chi connectivity index (χ0v) is 13.5. The van der Waals surface area contributed by atoms with Crippen molar-refractivity contribution in [2.75, 3.05) is 26.2 Å². The van der Waals surface area contributed by atoms with E-state index >= 15 is 0 Å². The molecule has 1 saturated heterocycles. The first-order valence-electron chi connectivity index (χ1n) is 7.79. The maximum atomic E-state index is 13.2. The number of carbonyl (C=O) groups is 1. The first-order valence-corrected chi connectivity index (χ1v) is 7.79. The van der Waals surface area contributed by atoms with Crippen molar-refractivity contribution in [3.05, 3.63) is 53.1 Å². The van der Waals surface area contributed by atoms with Gasteiger partial charge in [0, 0.05) is 46.0 Å². The summed E-state index contributed by atoms with van der Waals surface area (Å²) in [5.74, 6) is -0.163. The number of amides is 1. The van der Waals surface area contributed by atoms with E-state index < -0.39 is 0 Å². The quantitative estimate of drug-likeness (QED) is 0.867. The monoisotopic (exact) mass is 316 g/mol. The van der Waals surface area contributed by atoms with Gasteiger partial charge >= 0.3 is 0 Å². The van der Waals surface area contributed by atoms with Crippen LogP contribution in [0.1, 0.15) is 21.6 Å². The highest BCUT2D eigenvalue weighted by Gasteiger charge is 2.24. The predicted molar refractivity (Wildman–Crippen MR) is 85.5 cm³/mol. The van der Waals surface area contributed by atoms with Gasteiger partial charge < -0.3 is 4.90 Å². The number of piperazine rings is 1. The lowest BCUT2D eigenvalue weighted by molar-refractivity contribution is 0.0627. The third-order valence-corrected chi connectivity index (χ3v) is 4.20. The first-order chi connectivity index (χ1) is 11.0. The number of carbonyl (C=O) groups excluding carboxylic acids is 1. The van der Waals surface area contributed by atoms with Crippen LogP contribution < -0.4 is 0 Å². The summed E-state index contributed by atoms with van der Waals surface area (Å²) in [7, 11) is 1.82. The largest absolute Gasteiger partial charge is 0.336 e. The maximum absolute atomic E-state index is 13.2. The van der Waals surface area contributed by atoms with E-state index in [0.29, 0.717) is 25.2 Å². The second-order valence-corrected chi connectivity index (χ2v) is 6.00. The average molecular weight is 316 g/mol. The molecule has 0 aliphatic carbocycles. The van der Waals surface area contributed by atoms with Crippen LogP contribution in [0.2, 0.25) is 0 Å². The van der Waals surface area contributed by atoms with E-state index in [1.807, 2.05) is 24.9 Å². The third kappa shape index (κ3) is 3.59. The van der Waals surface area contributed by atoms with E-state index in [-0.39, 0.29) is 11.7 Å². The molecule has 0 spiro atoms. The molecular formula is C17H21FN4O. The molecule has 1 aliphatic heterocycles. The van der Waals surface area contributed by atoms with Crippen LogP contribution in [0, 0.1) is 12.7 Å². The topological polar surface area (TPSA) is 41.4 Å². The number of aryl methyl sites for hydroxylation is 2. The lowest BCUT2D eigenvalue weighted by Gasteiger charge is -2.34. The lowest BCUT2D eigenvalue weighted by Crippen LogP contribution is -2.48. The van der Waals surface area contributed by atoms with Crippen LogP contribution in [0.25, 0.3) is 0 Å². The summed E-state index contributed by atoms with van der Waals surface area (Å²) in [5.41, 5.74) is 2.40. The molecule has 1 aliphatic rings. The smallest absolute Gasteiger partial charge is 0.257 e. The van der Waals surface area contributed by atoms with Crippen molar-refractivity contribution in [3.8, 4) is 0 Å². The minimum absolute atomic E-state index is 0.0426. The van der Waals surface area contributed by atoms with Gasteiger partial charge in [-0.1, -0.05) is 12.1 Å². The van der Waals surface area contributed by atoms with Crippen molar-refractivity contribution in [1.82, 2.24) is 19.6 Å². The van der Waals surface area contributed by atoms with Gasteiger partial charge in [0.05, 0.1) is 11.3 Å². The maximum Gasteiger partial charge on any atom is 0.257 e. The van der Waals surface area contributed by atoms with E-state index in [9.17, 15) is 9.18 Å². The minimum atomic E-state index is -0.205. The summed E-state index contributed by atoms with van der Waals surface area (Å²) in [6, 6.07) is 6.68. The fourth-order valence-corrected chi connectivity index (χ4v) is 2.98. The zero-order chi connectivity index (χ0) is 16.4. The number of hydrogen-bond acceptors (Lipinski definition) is 3. The van der Waals surface area contributed by atoms with Crippen molar-refractivity contribution in [2.24, 2.45) is 7.05 Å². The molecule has 1 fully saturated rings. The van der Waals surface area contributed by atoms with E-state index in [4.69, 9.17) is 0 Å². The molecule has 1 aromatic heterocycles. The molecule has 6 heteroatoms. The second kappa shape index (κ2) is 6.50. The highest BCUT2D eigenvalue weighted by molar-refractivity contribution is 5.95. The molecule has 0 unspecified atom stereocenters. The minimum Gasteiger partial charge on any atom is -0.336 e. The predicted octanol–water partition coefficient (Wildman–Crippen LogP) is 1.83. The average Bonchev–Trinajstić information content (AvgIpc) is 2.86. The van der Waals surface area contributed by atoms with Gasteiger partial charge in [-0.15, -0.1) is 0 Å². The summed E-state index contributed by atoms with van der Waals surface area (Å²) in [4.78, 5) is 16.7. The molecule has 0 N–H and O–H groups in total. The number of aromatic nitrogens is 2. The van der Waals surface area contributed by atoms with Crippen LogP contribution >= 0.6 is 0 Å². The molecule has 1 aromatic carbocycles. The Kier molecular flexibility index (Phi) is 4.43. The van der Waals surface area contributed by atoms with E-state index in [2.05, 4.69) is 10.00 Å². The normalized spacial score (nSPS) is 15.9. The first kappa shape index (κ1) is 15.7. The van der Waals surface area contributed by atoms with Crippen molar-refractivity contribution >= 4 is 5.91 Å². The SMILES string of the molecule is Cc1nn(C)cc1C(=O)N1CCN(Cc2cccc(F)c2)CC1. The van der Waals surface area contributed by atoms with Crippen molar-refractivity contribution in [3.63, 3.8) is 0 Å². The second-order valence-electron chi connectivity index (χ2n) is 6.00. The molecule has 2 heterocycles. The summed E-state index contributed by atoms with van der Waals surface area (Å²) >= 11 is 0. The molecule has 0 radical (unpaired) electrons. The van der Waals surface area contributed by atoms with Crippen LogP contribution in [-0.2, 0) is 13.6 Å². The van der Waals surface area contributed by atoms with Crippen LogP contribution in [0.15, 0.2) is 30.5 Å². The molecule has 5 nitrogen and oxygen atoms in total. The molecule has 0 atom stereocenters. The van der Waals surface area contributed by atoms with Gasteiger partial charge in [0.25, 0.3) is 5.91 Å². The van der Waals surface area contributed by atoms with Gasteiger partial charge in [-0.05, 0) is 24.6 Å². The third-order valence-electron chi connectivity index (χ3n) is 4.20. The number of halogens is 1. The molecule has 1 amide bonds. The Morgan fingerprint density at radius 1 is 1.26 bits per heavy atom. The van der Waals surface area contributed by atoms with Gasteiger partial charge in [-0.25, -0.2) is 4.39 Å². The Morgan fingerprint density at radius 2 is 2.00 bits per heavy atom. The number of rotatable bonds is 3. The summed E-state index contributed by atoms with van der Waals surface area (Å²) in [6.45, 7) is 5.52. The molecule has 0 bridgehead atoms. The fourth-order valence-electron chi connectivity index (χ4n) is 2.98. The number of benzene rings is 1. The molecule has 23 heavy (non-hydrogen) atoms. The molecule has 122 valence electrons. The Labute approximate surface area is 135 Å². The van der Waals surface area contributed by atoms with Crippen LogP contribution in [-0.4, -0.2) is 51.7 Å². The Hall–Kier alpha value is -2.21. The Balaban J connectivity index is 1.58.